The Bertz CT molecular complexity index is 691. The van der Waals surface area contributed by atoms with Crippen LogP contribution in [0.2, 0.25) is 0 Å². The van der Waals surface area contributed by atoms with Gasteiger partial charge >= 0.3 is 6.61 Å². The fourth-order valence-corrected chi connectivity index (χ4v) is 2.33. The normalized spacial score (nSPS) is 11.0. The van der Waals surface area contributed by atoms with E-state index in [9.17, 15) is 8.78 Å². The molecule has 0 aliphatic rings. The lowest BCUT2D eigenvalue weighted by Crippen LogP contribution is -2.38. The third-order valence-electron chi connectivity index (χ3n) is 3.53. The molecule has 5 nitrogen and oxygen atoms in total. The average Bonchev–Trinajstić information content (AvgIpc) is 3.12. The number of benzene rings is 1. The number of halogens is 3. The van der Waals surface area contributed by atoms with Gasteiger partial charge in [-0.15, -0.1) is 30.6 Å². The van der Waals surface area contributed by atoms with Gasteiger partial charge in [0.1, 0.15) is 11.5 Å². The van der Waals surface area contributed by atoms with Crippen LogP contribution in [-0.4, -0.2) is 37.6 Å². The van der Waals surface area contributed by atoms with Gasteiger partial charge in [0.05, 0.1) is 6.26 Å². The summed E-state index contributed by atoms with van der Waals surface area (Å²) in [6, 6.07) is 10.3. The van der Waals surface area contributed by atoms with Gasteiger partial charge in [0, 0.05) is 33.1 Å². The van der Waals surface area contributed by atoms with E-state index in [1.165, 1.54) is 12.1 Å². The Morgan fingerprint density at radius 3 is 2.67 bits per heavy atom. The van der Waals surface area contributed by atoms with Gasteiger partial charge in [0.2, 0.25) is 0 Å². The minimum Gasteiger partial charge on any atom is -0.469 e. The highest BCUT2D eigenvalue weighted by Crippen LogP contribution is 2.15. The van der Waals surface area contributed by atoms with E-state index in [1.807, 2.05) is 24.1 Å². The van der Waals surface area contributed by atoms with Gasteiger partial charge < -0.3 is 19.4 Å². The highest BCUT2D eigenvalue weighted by atomic mass is 127. The number of aliphatic imine (C=N–C) groups is 1. The zero-order valence-corrected chi connectivity index (χ0v) is 17.4. The van der Waals surface area contributed by atoms with Crippen LogP contribution in [0.15, 0.2) is 64.7 Å². The number of guanidine groups is 1. The van der Waals surface area contributed by atoms with Gasteiger partial charge in [-0.05, 0) is 29.8 Å². The van der Waals surface area contributed by atoms with Crippen molar-refractivity contribution in [3.05, 3.63) is 66.6 Å². The standard InChI is InChI=1S/C19H23F2N3O2.HI/c1-3-11-22-19(23-12-10-16-5-4-13-25-16)24(2)14-15-6-8-17(9-7-15)26-18(20)21;/h3-9,13,18H,1,10-12,14H2,2H3,(H,22,23);1H. The third-order valence-corrected chi connectivity index (χ3v) is 3.53. The van der Waals surface area contributed by atoms with Crippen LogP contribution in [0.1, 0.15) is 11.3 Å². The largest absolute Gasteiger partial charge is 0.469 e. The first-order chi connectivity index (χ1) is 12.6. The molecule has 0 unspecified atom stereocenters. The van der Waals surface area contributed by atoms with Crippen LogP contribution in [0, 0.1) is 0 Å². The molecule has 2 aromatic rings. The second kappa shape index (κ2) is 12.3. The Hall–Kier alpha value is -2.10. The first kappa shape index (κ1) is 22.9. The monoisotopic (exact) mass is 491 g/mol. The molecule has 0 fully saturated rings. The molecule has 0 saturated heterocycles. The quantitative estimate of drug-likeness (QED) is 0.246. The molecule has 1 aromatic heterocycles. The molecule has 0 bridgehead atoms. The van der Waals surface area contributed by atoms with E-state index in [1.54, 1.807) is 24.5 Å². The zero-order valence-electron chi connectivity index (χ0n) is 15.1. The Morgan fingerprint density at radius 2 is 2.07 bits per heavy atom. The summed E-state index contributed by atoms with van der Waals surface area (Å²) in [5, 5.41) is 3.21. The number of furan rings is 1. The van der Waals surface area contributed by atoms with E-state index < -0.39 is 6.61 Å². The molecule has 1 heterocycles. The maximum Gasteiger partial charge on any atom is 0.387 e. The highest BCUT2D eigenvalue weighted by molar-refractivity contribution is 14.0. The van der Waals surface area contributed by atoms with Gasteiger partial charge in [0.25, 0.3) is 0 Å². The summed E-state index contributed by atoms with van der Waals surface area (Å²) in [6.07, 6.45) is 4.11. The molecule has 148 valence electrons. The fraction of sp³-hybridized carbons (Fsp3) is 0.316. The van der Waals surface area contributed by atoms with Crippen molar-refractivity contribution in [1.29, 1.82) is 0 Å². The molecular formula is C19H24F2IN3O2. The van der Waals surface area contributed by atoms with E-state index in [0.717, 1.165) is 17.3 Å². The SMILES string of the molecule is C=CCNC(=NCCc1ccco1)N(C)Cc1ccc(OC(F)F)cc1.I. The Kier molecular flexibility index (Phi) is 10.5. The highest BCUT2D eigenvalue weighted by Gasteiger charge is 2.08. The number of ether oxygens (including phenoxy) is 1. The van der Waals surface area contributed by atoms with Crippen LogP contribution >= 0.6 is 24.0 Å². The van der Waals surface area contributed by atoms with Crippen LogP contribution in [0.4, 0.5) is 8.78 Å². The zero-order chi connectivity index (χ0) is 18.8. The minimum absolute atomic E-state index is 0. The van der Waals surface area contributed by atoms with Gasteiger partial charge in [-0.1, -0.05) is 18.2 Å². The van der Waals surface area contributed by atoms with Crippen LogP contribution in [-0.2, 0) is 13.0 Å². The van der Waals surface area contributed by atoms with Crippen molar-refractivity contribution in [2.24, 2.45) is 4.99 Å². The number of rotatable bonds is 9. The predicted molar refractivity (Wildman–Crippen MR) is 113 cm³/mol. The van der Waals surface area contributed by atoms with E-state index in [2.05, 4.69) is 21.6 Å². The molecule has 27 heavy (non-hydrogen) atoms. The second-order valence-electron chi connectivity index (χ2n) is 5.58. The molecule has 8 heteroatoms. The smallest absolute Gasteiger partial charge is 0.387 e. The predicted octanol–water partition coefficient (Wildman–Crippen LogP) is 4.31. The van der Waals surface area contributed by atoms with Crippen LogP contribution in [0.25, 0.3) is 0 Å². The van der Waals surface area contributed by atoms with Crippen LogP contribution in [0.3, 0.4) is 0 Å². The molecule has 0 aliphatic heterocycles. The van der Waals surface area contributed by atoms with Crippen molar-refractivity contribution < 1.29 is 17.9 Å². The maximum absolute atomic E-state index is 12.2. The molecular weight excluding hydrogens is 467 g/mol. The first-order valence-corrected chi connectivity index (χ1v) is 8.25. The number of alkyl halides is 2. The summed E-state index contributed by atoms with van der Waals surface area (Å²) in [5.41, 5.74) is 0.952. The number of nitrogens with one attached hydrogen (secondary N) is 1. The Morgan fingerprint density at radius 1 is 1.33 bits per heavy atom. The summed E-state index contributed by atoms with van der Waals surface area (Å²) in [4.78, 5) is 6.54. The number of nitrogens with zero attached hydrogens (tertiary/aromatic N) is 2. The molecule has 0 atom stereocenters. The summed E-state index contributed by atoms with van der Waals surface area (Å²) in [7, 11) is 1.91. The van der Waals surface area contributed by atoms with Crippen molar-refractivity contribution >= 4 is 29.9 Å². The van der Waals surface area contributed by atoms with Crippen molar-refractivity contribution in [3.8, 4) is 5.75 Å². The molecule has 0 saturated carbocycles. The molecule has 0 spiro atoms. The summed E-state index contributed by atoms with van der Waals surface area (Å²) in [5.74, 6) is 1.75. The van der Waals surface area contributed by atoms with Gasteiger partial charge in [0.15, 0.2) is 5.96 Å². The fourth-order valence-electron chi connectivity index (χ4n) is 2.33. The van der Waals surface area contributed by atoms with E-state index in [0.29, 0.717) is 26.1 Å². The van der Waals surface area contributed by atoms with Crippen molar-refractivity contribution in [2.75, 3.05) is 20.1 Å². The number of hydrogen-bond donors (Lipinski definition) is 1. The lowest BCUT2D eigenvalue weighted by molar-refractivity contribution is -0.0498. The van der Waals surface area contributed by atoms with E-state index in [4.69, 9.17) is 4.42 Å². The summed E-state index contributed by atoms with van der Waals surface area (Å²) < 4.78 is 34.1. The van der Waals surface area contributed by atoms with Crippen molar-refractivity contribution in [3.63, 3.8) is 0 Å². The molecule has 0 radical (unpaired) electrons. The van der Waals surface area contributed by atoms with E-state index in [-0.39, 0.29) is 29.7 Å². The van der Waals surface area contributed by atoms with Crippen LogP contribution < -0.4 is 10.1 Å². The molecule has 2 rings (SSSR count). The number of hydrogen-bond acceptors (Lipinski definition) is 3. The van der Waals surface area contributed by atoms with Gasteiger partial charge in [-0.25, -0.2) is 0 Å². The lowest BCUT2D eigenvalue weighted by Gasteiger charge is -2.22. The van der Waals surface area contributed by atoms with Crippen molar-refractivity contribution in [2.45, 2.75) is 19.6 Å². The maximum atomic E-state index is 12.2. The third kappa shape index (κ3) is 8.42. The summed E-state index contributed by atoms with van der Waals surface area (Å²) >= 11 is 0. The van der Waals surface area contributed by atoms with Crippen LogP contribution in [0.5, 0.6) is 5.75 Å². The molecule has 0 aliphatic carbocycles. The molecule has 1 N–H and O–H groups in total. The topological polar surface area (TPSA) is 50.0 Å². The Labute approximate surface area is 175 Å². The molecule has 0 amide bonds. The van der Waals surface area contributed by atoms with Gasteiger partial charge in [-0.2, -0.15) is 8.78 Å². The Balaban J connectivity index is 0.00000364. The van der Waals surface area contributed by atoms with Crippen molar-refractivity contribution in [1.82, 2.24) is 10.2 Å². The second-order valence-corrected chi connectivity index (χ2v) is 5.58. The average molecular weight is 491 g/mol. The lowest BCUT2D eigenvalue weighted by atomic mass is 10.2. The van der Waals surface area contributed by atoms with E-state index >= 15 is 0 Å². The minimum atomic E-state index is -2.82. The first-order valence-electron chi connectivity index (χ1n) is 8.25. The molecule has 1 aromatic carbocycles. The van der Waals surface area contributed by atoms with Gasteiger partial charge in [-0.3, -0.25) is 4.99 Å². The summed E-state index contributed by atoms with van der Waals surface area (Å²) in [6.45, 7) is 2.62.